The van der Waals surface area contributed by atoms with E-state index in [4.69, 9.17) is 10.5 Å². The van der Waals surface area contributed by atoms with Gasteiger partial charge in [-0.2, -0.15) is 0 Å². The van der Waals surface area contributed by atoms with Gasteiger partial charge in [-0.15, -0.1) is 23.1 Å². The van der Waals surface area contributed by atoms with Crippen LogP contribution >= 0.6 is 23.1 Å². The molecule has 3 atom stereocenters. The molecule has 2 aliphatic heterocycles. The van der Waals surface area contributed by atoms with Crippen LogP contribution in [0.2, 0.25) is 0 Å². The highest BCUT2D eigenvalue weighted by Gasteiger charge is 2.41. The molecule has 218 valence electrons. The fourth-order valence-electron chi connectivity index (χ4n) is 4.12. The van der Waals surface area contributed by atoms with Crippen LogP contribution in [-0.4, -0.2) is 57.2 Å². The van der Waals surface area contributed by atoms with E-state index in [9.17, 15) is 19.2 Å². The highest BCUT2D eigenvalue weighted by atomic mass is 32.2. The number of hydrogen-bond donors (Lipinski definition) is 4. The van der Waals surface area contributed by atoms with Crippen LogP contribution in [0.3, 0.4) is 0 Å². The summed E-state index contributed by atoms with van der Waals surface area (Å²) in [5, 5.41) is 11.6. The molecule has 0 radical (unpaired) electrons. The van der Waals surface area contributed by atoms with E-state index < -0.39 is 23.7 Å². The Labute approximate surface area is 246 Å². The van der Waals surface area contributed by atoms with Gasteiger partial charge in [0.1, 0.15) is 33.4 Å². The van der Waals surface area contributed by atoms with Crippen LogP contribution in [0.25, 0.3) is 0 Å². The van der Waals surface area contributed by atoms with E-state index in [1.165, 1.54) is 23.1 Å². The Hall–Kier alpha value is -3.71. The number of aliphatic imine (C=N–C) groups is 1. The zero-order valence-electron chi connectivity index (χ0n) is 23.1. The Morgan fingerprint density at radius 1 is 1.29 bits per heavy atom. The second kappa shape index (κ2) is 13.3. The van der Waals surface area contributed by atoms with Gasteiger partial charge in [-0.1, -0.05) is 32.1 Å². The van der Waals surface area contributed by atoms with Crippen LogP contribution in [0.4, 0.5) is 11.4 Å². The number of carbonyl (C=O) groups excluding carboxylic acids is 4. The number of nitrogens with one attached hydrogen (secondary N) is 3. The summed E-state index contributed by atoms with van der Waals surface area (Å²) in [5.74, 6) is -1.46. The lowest BCUT2D eigenvalue weighted by atomic mass is 10.0. The number of nitrogens with zero attached hydrogens (tertiary/aromatic N) is 2. The fraction of sp³-hybridized carbons (Fsp3) is 0.429. The number of esters is 1. The fourth-order valence-corrected chi connectivity index (χ4v) is 6.04. The molecule has 5 N–H and O–H groups in total. The van der Waals surface area contributed by atoms with Crippen molar-refractivity contribution in [3.8, 4) is 0 Å². The van der Waals surface area contributed by atoms with Gasteiger partial charge in [0, 0.05) is 17.6 Å². The lowest BCUT2D eigenvalue weighted by molar-refractivity contribution is -0.153. The molecule has 4 rings (SSSR count). The number of hydrogen-bond acceptors (Lipinski definition) is 10. The normalized spacial score (nSPS) is 23.6. The van der Waals surface area contributed by atoms with Gasteiger partial charge in [-0.25, -0.2) is 9.78 Å². The number of thiazole rings is 1. The first-order valence-corrected chi connectivity index (χ1v) is 15.2. The molecular formula is C28H34N6O5S2. The molecule has 1 unspecified atom stereocenters. The molecule has 11 nitrogen and oxygen atoms in total. The molecule has 41 heavy (non-hydrogen) atoms. The van der Waals surface area contributed by atoms with E-state index in [0.717, 1.165) is 0 Å². The third kappa shape index (κ3) is 7.94. The van der Waals surface area contributed by atoms with E-state index in [1.807, 2.05) is 5.38 Å². The van der Waals surface area contributed by atoms with E-state index >= 15 is 0 Å². The van der Waals surface area contributed by atoms with Gasteiger partial charge >= 0.3 is 5.97 Å². The average Bonchev–Trinajstić information content (AvgIpc) is 3.56. The van der Waals surface area contributed by atoms with E-state index in [1.54, 1.807) is 57.2 Å². The van der Waals surface area contributed by atoms with Gasteiger partial charge in [0.25, 0.3) is 0 Å². The zero-order valence-corrected chi connectivity index (χ0v) is 24.8. The number of allylic oxidation sites excluding steroid dienone is 1. The predicted molar refractivity (Wildman–Crippen MR) is 160 cm³/mol. The number of amides is 3. The Balaban J connectivity index is 1.48. The minimum absolute atomic E-state index is 0.133. The lowest BCUT2D eigenvalue weighted by Gasteiger charge is -2.27. The molecule has 2 aliphatic rings. The summed E-state index contributed by atoms with van der Waals surface area (Å²) in [6.07, 6.45) is 2.75. The summed E-state index contributed by atoms with van der Waals surface area (Å²) in [6.45, 7) is 5.55. The molecule has 3 heterocycles. The highest BCUT2D eigenvalue weighted by Crippen LogP contribution is 2.32. The summed E-state index contributed by atoms with van der Waals surface area (Å²) < 4.78 is 5.73. The van der Waals surface area contributed by atoms with Crippen molar-refractivity contribution in [1.29, 1.82) is 0 Å². The molecule has 0 saturated heterocycles. The first-order chi connectivity index (χ1) is 19.5. The third-order valence-corrected chi connectivity index (χ3v) is 8.65. The second-order valence-electron chi connectivity index (χ2n) is 10.4. The number of ether oxygens (including phenoxy) is 1. The van der Waals surface area contributed by atoms with Crippen LogP contribution in [0.1, 0.15) is 50.7 Å². The number of para-hydroxylation sites is 2. The molecule has 2 aromatic rings. The molecule has 4 bridgehead atoms. The topological polar surface area (TPSA) is 165 Å². The SMILES string of the molecule is CC(C)[C@@H]1NC(=O)[C@]2(C)CSC(=N2)c2csc(n2)CNC(=O)CC(/C=C/CCC(=O)Nc2ccccc2N)OC1=O. The molecule has 0 aliphatic carbocycles. The van der Waals surface area contributed by atoms with Gasteiger partial charge in [0.15, 0.2) is 0 Å². The van der Waals surface area contributed by atoms with Crippen molar-refractivity contribution < 1.29 is 23.9 Å². The van der Waals surface area contributed by atoms with Crippen molar-refractivity contribution in [1.82, 2.24) is 15.6 Å². The van der Waals surface area contributed by atoms with E-state index in [0.29, 0.717) is 39.3 Å². The van der Waals surface area contributed by atoms with Gasteiger partial charge in [-0.05, 0) is 37.5 Å². The zero-order chi connectivity index (χ0) is 29.6. The predicted octanol–water partition coefficient (Wildman–Crippen LogP) is 3.02. The highest BCUT2D eigenvalue weighted by molar-refractivity contribution is 8.14. The number of benzene rings is 1. The Morgan fingerprint density at radius 2 is 2.07 bits per heavy atom. The monoisotopic (exact) mass is 598 g/mol. The van der Waals surface area contributed by atoms with Gasteiger partial charge < -0.3 is 26.4 Å². The lowest BCUT2D eigenvalue weighted by Crippen LogP contribution is -2.53. The van der Waals surface area contributed by atoms with Crippen molar-refractivity contribution in [2.75, 3.05) is 16.8 Å². The average molecular weight is 599 g/mol. The first-order valence-electron chi connectivity index (χ1n) is 13.3. The molecular weight excluding hydrogens is 564 g/mol. The number of anilines is 2. The summed E-state index contributed by atoms with van der Waals surface area (Å²) in [4.78, 5) is 60.9. The van der Waals surface area contributed by atoms with Crippen molar-refractivity contribution >= 4 is 63.2 Å². The van der Waals surface area contributed by atoms with Crippen molar-refractivity contribution in [3.05, 3.63) is 52.5 Å². The summed E-state index contributed by atoms with van der Waals surface area (Å²) in [6, 6.07) is 6.03. The Morgan fingerprint density at radius 3 is 2.83 bits per heavy atom. The molecule has 1 aromatic carbocycles. The smallest absolute Gasteiger partial charge is 0.329 e. The molecule has 0 spiro atoms. The van der Waals surface area contributed by atoms with Crippen molar-refractivity contribution in [2.45, 2.75) is 64.3 Å². The molecule has 3 amide bonds. The Kier molecular flexibility index (Phi) is 9.81. The van der Waals surface area contributed by atoms with Crippen LogP contribution in [0.15, 0.2) is 46.8 Å². The maximum Gasteiger partial charge on any atom is 0.329 e. The van der Waals surface area contributed by atoms with Crippen LogP contribution < -0.4 is 21.7 Å². The third-order valence-electron chi connectivity index (χ3n) is 6.52. The van der Waals surface area contributed by atoms with Crippen molar-refractivity contribution in [3.63, 3.8) is 0 Å². The van der Waals surface area contributed by atoms with Crippen LogP contribution in [-0.2, 0) is 30.5 Å². The minimum Gasteiger partial charge on any atom is -0.456 e. The largest absolute Gasteiger partial charge is 0.456 e. The molecule has 0 fully saturated rings. The molecule has 13 heteroatoms. The van der Waals surface area contributed by atoms with Gasteiger partial charge in [0.2, 0.25) is 17.7 Å². The van der Waals surface area contributed by atoms with Crippen LogP contribution in [0, 0.1) is 5.92 Å². The quantitative estimate of drug-likeness (QED) is 0.224. The number of aromatic nitrogens is 1. The number of cyclic esters (lactones) is 1. The van der Waals surface area contributed by atoms with Gasteiger partial charge in [0.05, 0.1) is 24.3 Å². The number of carbonyl (C=O) groups is 4. The summed E-state index contributed by atoms with van der Waals surface area (Å²) in [7, 11) is 0. The van der Waals surface area contributed by atoms with Crippen LogP contribution in [0.5, 0.6) is 0 Å². The molecule has 1 aromatic heterocycles. The van der Waals surface area contributed by atoms with Gasteiger partial charge in [-0.3, -0.25) is 19.4 Å². The summed E-state index contributed by atoms with van der Waals surface area (Å²) >= 11 is 2.82. The number of fused-ring (bicyclic) bond motifs is 4. The Bertz CT molecular complexity index is 1370. The number of rotatable bonds is 6. The number of nitrogens with two attached hydrogens (primary N) is 1. The number of thioether (sulfide) groups is 1. The van der Waals surface area contributed by atoms with E-state index in [-0.39, 0.29) is 43.0 Å². The minimum atomic E-state index is -1.06. The van der Waals surface area contributed by atoms with Crippen molar-refractivity contribution in [2.24, 2.45) is 10.9 Å². The number of nitrogen functional groups attached to an aromatic ring is 1. The van der Waals surface area contributed by atoms with E-state index in [2.05, 4.69) is 25.9 Å². The standard InChI is InChI=1S/C28H34N6O5S2/c1-16(2)24-26(37)39-17(8-4-7-11-21(35)31-19-10-6-5-9-18(19)29)12-22(36)30-13-23-32-20(14-40-23)25-34-28(3,15-41-25)27(38)33-24/h4-6,8-10,14,16-17,24H,7,11-13,15,29H2,1-3H3,(H,30,36)(H,31,35)(H,33,38)/b8-4+/t17?,24-,28-/m0/s1. The second-order valence-corrected chi connectivity index (χ2v) is 12.3. The maximum absolute atomic E-state index is 13.3. The maximum atomic E-state index is 13.3. The first kappa shape index (κ1) is 30.3. The summed E-state index contributed by atoms with van der Waals surface area (Å²) in [5.41, 5.74) is 6.48. The molecule has 0 saturated carbocycles.